The van der Waals surface area contributed by atoms with Gasteiger partial charge in [-0.15, -0.1) is 0 Å². The molecule has 0 spiro atoms. The largest absolute Gasteiger partial charge is 0.497 e. The van der Waals surface area contributed by atoms with Crippen molar-refractivity contribution in [1.82, 2.24) is 9.97 Å². The Balaban J connectivity index is 1.92. The predicted octanol–water partition coefficient (Wildman–Crippen LogP) is 3.75. The summed E-state index contributed by atoms with van der Waals surface area (Å²) in [5.41, 5.74) is 4.26. The monoisotopic (exact) mass is 250 g/mol. The average Bonchev–Trinajstić information content (AvgIpc) is 2.98. The van der Waals surface area contributed by atoms with Crippen LogP contribution in [0.3, 0.4) is 0 Å². The van der Waals surface area contributed by atoms with Gasteiger partial charge in [-0.3, -0.25) is 4.98 Å². The number of benzene rings is 1. The van der Waals surface area contributed by atoms with Crippen molar-refractivity contribution in [1.29, 1.82) is 0 Å². The molecule has 0 fully saturated rings. The van der Waals surface area contributed by atoms with E-state index in [1.807, 2.05) is 48.7 Å². The molecule has 0 aliphatic rings. The molecule has 3 aromatic rings. The summed E-state index contributed by atoms with van der Waals surface area (Å²) >= 11 is 0. The van der Waals surface area contributed by atoms with Gasteiger partial charge in [0.05, 0.1) is 12.8 Å². The highest BCUT2D eigenvalue weighted by Gasteiger charge is 2.04. The second-order valence-corrected chi connectivity index (χ2v) is 4.25. The molecule has 0 saturated heterocycles. The molecule has 0 aliphatic heterocycles. The minimum atomic E-state index is 0.861. The second-order valence-electron chi connectivity index (χ2n) is 4.25. The Morgan fingerprint density at radius 1 is 1.00 bits per heavy atom. The number of aromatic nitrogens is 2. The Bertz CT molecular complexity index is 657. The Kier molecular flexibility index (Phi) is 3.02. The van der Waals surface area contributed by atoms with Crippen LogP contribution in [0.1, 0.15) is 0 Å². The van der Waals surface area contributed by atoms with Gasteiger partial charge in [0.25, 0.3) is 0 Å². The number of pyridine rings is 1. The molecule has 0 atom stereocenters. The van der Waals surface area contributed by atoms with Gasteiger partial charge in [-0.05, 0) is 48.0 Å². The molecule has 3 nitrogen and oxygen atoms in total. The van der Waals surface area contributed by atoms with Crippen LogP contribution in [-0.4, -0.2) is 17.1 Å². The first kappa shape index (κ1) is 11.5. The average molecular weight is 250 g/mol. The van der Waals surface area contributed by atoms with Crippen LogP contribution in [0.25, 0.3) is 22.5 Å². The summed E-state index contributed by atoms with van der Waals surface area (Å²) in [5.74, 6) is 0.861. The van der Waals surface area contributed by atoms with Crippen molar-refractivity contribution >= 4 is 0 Å². The van der Waals surface area contributed by atoms with E-state index < -0.39 is 0 Å². The second kappa shape index (κ2) is 4.98. The molecule has 3 heteroatoms. The van der Waals surface area contributed by atoms with E-state index in [4.69, 9.17) is 4.74 Å². The van der Waals surface area contributed by atoms with Crippen molar-refractivity contribution in [3.63, 3.8) is 0 Å². The summed E-state index contributed by atoms with van der Waals surface area (Å²) in [5, 5.41) is 0. The third-order valence-corrected chi connectivity index (χ3v) is 3.04. The van der Waals surface area contributed by atoms with E-state index in [0.29, 0.717) is 0 Å². The van der Waals surface area contributed by atoms with Crippen LogP contribution in [0.4, 0.5) is 0 Å². The van der Waals surface area contributed by atoms with E-state index in [1.54, 1.807) is 13.3 Å². The van der Waals surface area contributed by atoms with Crippen LogP contribution in [0.5, 0.6) is 5.75 Å². The molecule has 0 amide bonds. The lowest BCUT2D eigenvalue weighted by Crippen LogP contribution is -1.82. The zero-order valence-corrected chi connectivity index (χ0v) is 10.6. The van der Waals surface area contributed by atoms with Crippen molar-refractivity contribution in [2.45, 2.75) is 0 Å². The highest BCUT2D eigenvalue weighted by molar-refractivity contribution is 5.69. The number of nitrogens with one attached hydrogen (secondary N) is 1. The van der Waals surface area contributed by atoms with Gasteiger partial charge in [0.2, 0.25) is 0 Å². The van der Waals surface area contributed by atoms with Gasteiger partial charge in [0.1, 0.15) is 5.75 Å². The molecule has 1 aromatic carbocycles. The summed E-state index contributed by atoms with van der Waals surface area (Å²) in [6.07, 6.45) is 3.78. The Morgan fingerprint density at radius 2 is 1.84 bits per heavy atom. The quantitative estimate of drug-likeness (QED) is 0.768. The third-order valence-electron chi connectivity index (χ3n) is 3.04. The summed E-state index contributed by atoms with van der Waals surface area (Å²) in [7, 11) is 1.67. The number of methoxy groups -OCH3 is 1. The first-order valence-corrected chi connectivity index (χ1v) is 6.11. The Labute approximate surface area is 111 Å². The number of aromatic amines is 1. The third kappa shape index (κ3) is 2.36. The van der Waals surface area contributed by atoms with Crippen LogP contribution < -0.4 is 4.74 Å². The standard InChI is InChI=1S/C16H14N2O/c1-19-14-7-5-12(6-8-14)16-10-13(11-18-16)15-4-2-3-9-17-15/h2-11,18H,1H3. The molecular formula is C16H14N2O. The predicted molar refractivity (Wildman–Crippen MR) is 76.0 cm³/mol. The number of rotatable bonds is 3. The number of nitrogens with zero attached hydrogens (tertiary/aromatic N) is 1. The van der Waals surface area contributed by atoms with Gasteiger partial charge < -0.3 is 9.72 Å². The Hall–Kier alpha value is -2.55. The van der Waals surface area contributed by atoms with Crippen molar-refractivity contribution in [3.8, 4) is 28.3 Å². The van der Waals surface area contributed by atoms with Gasteiger partial charge in [-0.2, -0.15) is 0 Å². The molecule has 2 heterocycles. The number of hydrogen-bond acceptors (Lipinski definition) is 2. The Morgan fingerprint density at radius 3 is 2.53 bits per heavy atom. The number of ether oxygens (including phenoxy) is 1. The highest BCUT2D eigenvalue weighted by atomic mass is 16.5. The van der Waals surface area contributed by atoms with Gasteiger partial charge in [-0.1, -0.05) is 6.07 Å². The molecule has 2 aromatic heterocycles. The van der Waals surface area contributed by atoms with Crippen LogP contribution in [0.2, 0.25) is 0 Å². The molecule has 0 unspecified atom stereocenters. The zero-order valence-electron chi connectivity index (χ0n) is 10.6. The molecule has 3 rings (SSSR count). The van der Waals surface area contributed by atoms with Crippen LogP contribution in [0, 0.1) is 0 Å². The fraction of sp³-hybridized carbons (Fsp3) is 0.0625. The summed E-state index contributed by atoms with van der Waals surface area (Å²) in [6.45, 7) is 0. The highest BCUT2D eigenvalue weighted by Crippen LogP contribution is 2.25. The maximum Gasteiger partial charge on any atom is 0.118 e. The molecule has 0 bridgehead atoms. The number of hydrogen-bond donors (Lipinski definition) is 1. The summed E-state index contributed by atoms with van der Waals surface area (Å²) in [6, 6.07) is 16.0. The molecular weight excluding hydrogens is 236 g/mol. The molecule has 1 N–H and O–H groups in total. The fourth-order valence-electron chi connectivity index (χ4n) is 2.01. The van der Waals surface area contributed by atoms with Crippen molar-refractivity contribution in [3.05, 3.63) is 60.9 Å². The minimum absolute atomic E-state index is 0.861. The smallest absolute Gasteiger partial charge is 0.118 e. The van der Waals surface area contributed by atoms with Gasteiger partial charge in [0.15, 0.2) is 0 Å². The summed E-state index contributed by atoms with van der Waals surface area (Å²) in [4.78, 5) is 7.62. The maximum atomic E-state index is 5.16. The van der Waals surface area contributed by atoms with Gasteiger partial charge >= 0.3 is 0 Å². The van der Waals surface area contributed by atoms with E-state index in [0.717, 1.165) is 28.3 Å². The van der Waals surface area contributed by atoms with Crippen molar-refractivity contribution in [2.24, 2.45) is 0 Å². The fourth-order valence-corrected chi connectivity index (χ4v) is 2.01. The van der Waals surface area contributed by atoms with Crippen LogP contribution >= 0.6 is 0 Å². The maximum absolute atomic E-state index is 5.16. The lowest BCUT2D eigenvalue weighted by atomic mass is 10.1. The first-order chi connectivity index (χ1) is 9.36. The van der Waals surface area contributed by atoms with E-state index in [1.165, 1.54) is 0 Å². The zero-order chi connectivity index (χ0) is 13.1. The molecule has 19 heavy (non-hydrogen) atoms. The lowest BCUT2D eigenvalue weighted by molar-refractivity contribution is 0.415. The van der Waals surface area contributed by atoms with E-state index in [2.05, 4.69) is 16.0 Å². The van der Waals surface area contributed by atoms with Crippen molar-refractivity contribution < 1.29 is 4.74 Å². The van der Waals surface area contributed by atoms with Gasteiger partial charge in [0, 0.05) is 23.7 Å². The minimum Gasteiger partial charge on any atom is -0.497 e. The van der Waals surface area contributed by atoms with E-state index in [9.17, 15) is 0 Å². The summed E-state index contributed by atoms with van der Waals surface area (Å²) < 4.78 is 5.16. The van der Waals surface area contributed by atoms with Crippen LogP contribution in [-0.2, 0) is 0 Å². The first-order valence-electron chi connectivity index (χ1n) is 6.11. The lowest BCUT2D eigenvalue weighted by Gasteiger charge is -2.01. The van der Waals surface area contributed by atoms with E-state index >= 15 is 0 Å². The molecule has 0 aliphatic carbocycles. The molecule has 0 saturated carbocycles. The topological polar surface area (TPSA) is 37.9 Å². The van der Waals surface area contributed by atoms with Gasteiger partial charge in [-0.25, -0.2) is 0 Å². The molecule has 94 valence electrons. The van der Waals surface area contributed by atoms with Crippen LogP contribution in [0.15, 0.2) is 60.9 Å². The van der Waals surface area contributed by atoms with E-state index in [-0.39, 0.29) is 0 Å². The molecule has 0 radical (unpaired) electrons. The number of H-pyrrole nitrogens is 1. The van der Waals surface area contributed by atoms with Crippen molar-refractivity contribution in [2.75, 3.05) is 7.11 Å². The SMILES string of the molecule is COc1ccc(-c2cc(-c3ccccn3)c[nH]2)cc1. The normalized spacial score (nSPS) is 10.4.